The molecule has 7 nitrogen and oxygen atoms in total. The Morgan fingerprint density at radius 2 is 1.79 bits per heavy atom. The molecule has 0 radical (unpaired) electrons. The van der Waals surface area contributed by atoms with Gasteiger partial charge in [-0.2, -0.15) is 18.2 Å². The maximum absolute atomic E-state index is 12.8. The van der Waals surface area contributed by atoms with Gasteiger partial charge in [-0.05, 0) is 43.2 Å². The van der Waals surface area contributed by atoms with Crippen molar-refractivity contribution >= 4 is 28.4 Å². The van der Waals surface area contributed by atoms with Crippen LogP contribution >= 0.6 is 0 Å². The maximum Gasteiger partial charge on any atom is 0.416 e. The van der Waals surface area contributed by atoms with Crippen LogP contribution < -0.4 is 16.2 Å². The first kappa shape index (κ1) is 19.2. The molecule has 0 atom stereocenters. The standard InChI is InChI=1S/C19H18F3N5O2/c20-19(21,22)11-1-3-12(4-2-11)24-16-15-14(5-8-23-17(15)28)26-18(27-16)25-13-6-9-29-10-7-13/h1-5,8,13H,6-7,9-10H2,(H,23,28)(H2,24,25,26,27). The molecule has 3 heterocycles. The van der Waals surface area contributed by atoms with Crippen LogP contribution in [0.4, 0.5) is 30.6 Å². The van der Waals surface area contributed by atoms with E-state index in [2.05, 4.69) is 25.6 Å². The lowest BCUT2D eigenvalue weighted by molar-refractivity contribution is -0.137. The summed E-state index contributed by atoms with van der Waals surface area (Å²) >= 11 is 0. The number of fused-ring (bicyclic) bond motifs is 1. The number of nitrogens with zero attached hydrogens (tertiary/aromatic N) is 2. The first-order chi connectivity index (χ1) is 13.9. The van der Waals surface area contributed by atoms with Crippen molar-refractivity contribution in [2.24, 2.45) is 0 Å². The summed E-state index contributed by atoms with van der Waals surface area (Å²) in [7, 11) is 0. The minimum atomic E-state index is -4.42. The fraction of sp³-hybridized carbons (Fsp3) is 0.316. The molecule has 3 N–H and O–H groups in total. The topological polar surface area (TPSA) is 91.9 Å². The molecular weight excluding hydrogens is 387 g/mol. The monoisotopic (exact) mass is 405 g/mol. The number of aromatic nitrogens is 3. The molecule has 0 bridgehead atoms. The molecule has 0 spiro atoms. The summed E-state index contributed by atoms with van der Waals surface area (Å²) in [5.74, 6) is 0.551. The van der Waals surface area contributed by atoms with Crippen LogP contribution in [-0.4, -0.2) is 34.2 Å². The zero-order chi connectivity index (χ0) is 20.4. The number of nitrogens with one attached hydrogen (secondary N) is 3. The minimum absolute atomic E-state index is 0.141. The second-order valence-corrected chi connectivity index (χ2v) is 6.69. The van der Waals surface area contributed by atoms with Gasteiger partial charge in [0.25, 0.3) is 5.56 Å². The number of hydrogen-bond donors (Lipinski definition) is 3. The lowest BCUT2D eigenvalue weighted by Gasteiger charge is -2.23. The van der Waals surface area contributed by atoms with Gasteiger partial charge in [0.05, 0.1) is 11.1 Å². The Hall–Kier alpha value is -3.14. The van der Waals surface area contributed by atoms with Crippen molar-refractivity contribution in [3.8, 4) is 0 Å². The number of H-pyrrole nitrogens is 1. The number of hydrogen-bond acceptors (Lipinski definition) is 6. The Kier molecular flexibility index (Phi) is 5.10. The smallest absolute Gasteiger partial charge is 0.381 e. The van der Waals surface area contributed by atoms with Gasteiger partial charge in [-0.1, -0.05) is 0 Å². The third-order valence-electron chi connectivity index (χ3n) is 4.65. The first-order valence-corrected chi connectivity index (χ1v) is 9.08. The molecule has 10 heteroatoms. The third kappa shape index (κ3) is 4.32. The molecule has 152 valence electrons. The lowest BCUT2D eigenvalue weighted by atomic mass is 10.1. The molecule has 2 aromatic heterocycles. The van der Waals surface area contributed by atoms with E-state index < -0.39 is 17.3 Å². The number of rotatable bonds is 4. The largest absolute Gasteiger partial charge is 0.416 e. The highest BCUT2D eigenvalue weighted by Gasteiger charge is 2.30. The number of pyridine rings is 1. The predicted molar refractivity (Wildman–Crippen MR) is 102 cm³/mol. The van der Waals surface area contributed by atoms with Gasteiger partial charge in [-0.15, -0.1) is 0 Å². The summed E-state index contributed by atoms with van der Waals surface area (Å²) in [6, 6.07) is 6.31. The molecule has 1 aliphatic rings. The van der Waals surface area contributed by atoms with Crippen molar-refractivity contribution in [3.63, 3.8) is 0 Å². The summed E-state index contributed by atoms with van der Waals surface area (Å²) in [5.41, 5.74) is -0.351. The average Bonchev–Trinajstić information content (AvgIpc) is 2.68. The van der Waals surface area contributed by atoms with Crippen molar-refractivity contribution in [2.45, 2.75) is 25.1 Å². The Morgan fingerprint density at radius 1 is 1.07 bits per heavy atom. The Morgan fingerprint density at radius 3 is 2.48 bits per heavy atom. The number of ether oxygens (including phenoxy) is 1. The van der Waals surface area contributed by atoms with Gasteiger partial charge in [0.1, 0.15) is 11.2 Å². The SMILES string of the molecule is O=c1[nH]ccc2nc(NC3CCOCC3)nc(Nc3ccc(C(F)(F)F)cc3)c12. The van der Waals surface area contributed by atoms with Gasteiger partial charge in [-0.25, -0.2) is 4.98 Å². The molecule has 0 amide bonds. The van der Waals surface area contributed by atoms with E-state index in [9.17, 15) is 18.0 Å². The average molecular weight is 405 g/mol. The highest BCUT2D eigenvalue weighted by Crippen LogP contribution is 2.31. The van der Waals surface area contributed by atoms with Crippen LogP contribution in [0.1, 0.15) is 18.4 Å². The Labute approximate surface area is 163 Å². The molecule has 1 fully saturated rings. The molecule has 3 aromatic rings. The second-order valence-electron chi connectivity index (χ2n) is 6.69. The fourth-order valence-corrected chi connectivity index (χ4v) is 3.15. The number of halogens is 3. The molecule has 4 rings (SSSR count). The van der Waals surface area contributed by atoms with Crippen LogP contribution in [-0.2, 0) is 10.9 Å². The quantitative estimate of drug-likeness (QED) is 0.614. The summed E-state index contributed by atoms with van der Waals surface area (Å²) < 4.78 is 43.7. The van der Waals surface area contributed by atoms with E-state index in [1.807, 2.05) is 0 Å². The van der Waals surface area contributed by atoms with Crippen LogP contribution in [0.25, 0.3) is 10.9 Å². The Bertz CT molecular complexity index is 1060. The Balaban J connectivity index is 1.68. The van der Waals surface area contributed by atoms with E-state index in [-0.39, 0.29) is 17.2 Å². The molecule has 0 saturated carbocycles. The number of benzene rings is 1. The van der Waals surface area contributed by atoms with Gasteiger partial charge < -0.3 is 20.4 Å². The molecule has 29 heavy (non-hydrogen) atoms. The zero-order valence-corrected chi connectivity index (χ0v) is 15.2. The maximum atomic E-state index is 12.8. The third-order valence-corrected chi connectivity index (χ3v) is 4.65. The molecule has 1 aromatic carbocycles. The van der Waals surface area contributed by atoms with Crippen molar-refractivity contribution in [1.82, 2.24) is 15.0 Å². The summed E-state index contributed by atoms with van der Waals surface area (Å²) in [6.45, 7) is 1.28. The van der Waals surface area contributed by atoms with Crippen LogP contribution in [0.5, 0.6) is 0 Å². The van der Waals surface area contributed by atoms with E-state index in [0.717, 1.165) is 25.0 Å². The summed E-state index contributed by atoms with van der Waals surface area (Å²) in [6.07, 6.45) is -1.33. The van der Waals surface area contributed by atoms with E-state index in [0.29, 0.717) is 30.4 Å². The summed E-state index contributed by atoms with van der Waals surface area (Å²) in [4.78, 5) is 23.7. The molecule has 1 aliphatic heterocycles. The highest BCUT2D eigenvalue weighted by atomic mass is 19.4. The van der Waals surface area contributed by atoms with Crippen LogP contribution in [0.3, 0.4) is 0 Å². The van der Waals surface area contributed by atoms with Crippen LogP contribution in [0.15, 0.2) is 41.3 Å². The normalized spacial score (nSPS) is 15.4. The van der Waals surface area contributed by atoms with Gasteiger partial charge in [-0.3, -0.25) is 4.79 Å². The number of aromatic amines is 1. The summed E-state index contributed by atoms with van der Waals surface area (Å²) in [5, 5.41) is 6.41. The lowest BCUT2D eigenvalue weighted by Crippen LogP contribution is -2.28. The molecular formula is C19H18F3N5O2. The van der Waals surface area contributed by atoms with Gasteiger partial charge >= 0.3 is 6.18 Å². The number of anilines is 3. The van der Waals surface area contributed by atoms with Crippen molar-refractivity contribution in [2.75, 3.05) is 23.8 Å². The minimum Gasteiger partial charge on any atom is -0.381 e. The second kappa shape index (κ2) is 7.70. The highest BCUT2D eigenvalue weighted by molar-refractivity contribution is 5.90. The van der Waals surface area contributed by atoms with Gasteiger partial charge in [0, 0.05) is 31.1 Å². The van der Waals surface area contributed by atoms with E-state index in [1.54, 1.807) is 6.07 Å². The van der Waals surface area contributed by atoms with Gasteiger partial charge in [0.15, 0.2) is 0 Å². The fourth-order valence-electron chi connectivity index (χ4n) is 3.15. The molecule has 1 saturated heterocycles. The number of alkyl halides is 3. The van der Waals surface area contributed by atoms with Crippen molar-refractivity contribution in [1.29, 1.82) is 0 Å². The van der Waals surface area contributed by atoms with E-state index in [1.165, 1.54) is 18.3 Å². The van der Waals surface area contributed by atoms with Crippen molar-refractivity contribution < 1.29 is 17.9 Å². The first-order valence-electron chi connectivity index (χ1n) is 9.08. The van der Waals surface area contributed by atoms with Crippen LogP contribution in [0, 0.1) is 0 Å². The molecule has 0 aliphatic carbocycles. The van der Waals surface area contributed by atoms with Crippen LogP contribution in [0.2, 0.25) is 0 Å². The van der Waals surface area contributed by atoms with Gasteiger partial charge in [0.2, 0.25) is 5.95 Å². The molecule has 0 unspecified atom stereocenters. The predicted octanol–water partition coefficient (Wildman–Crippen LogP) is 3.67. The zero-order valence-electron chi connectivity index (χ0n) is 15.2. The van der Waals surface area contributed by atoms with Crippen molar-refractivity contribution in [3.05, 3.63) is 52.4 Å². The van der Waals surface area contributed by atoms with E-state index >= 15 is 0 Å². The van der Waals surface area contributed by atoms with E-state index in [4.69, 9.17) is 4.74 Å².